The van der Waals surface area contributed by atoms with Gasteiger partial charge in [-0.1, -0.05) is 36.4 Å². The Morgan fingerprint density at radius 1 is 1.16 bits per heavy atom. The highest BCUT2D eigenvalue weighted by Crippen LogP contribution is 2.26. The third kappa shape index (κ3) is 4.00. The van der Waals surface area contributed by atoms with Gasteiger partial charge in [0.2, 0.25) is 0 Å². The largest absolute Gasteiger partial charge is 0.354 e. The molecular weight excluding hydrogens is 407 g/mol. The Bertz CT molecular complexity index is 1360. The molecule has 2 aromatic heterocycles. The van der Waals surface area contributed by atoms with Gasteiger partial charge in [0.25, 0.3) is 5.91 Å². The summed E-state index contributed by atoms with van der Waals surface area (Å²) in [4.78, 5) is 28.5. The summed E-state index contributed by atoms with van der Waals surface area (Å²) in [6.07, 6.45) is 6.72. The number of H-pyrrole nitrogens is 1. The number of halogens is 1. The molecule has 0 fully saturated rings. The number of aromatic amines is 1. The number of nitrogens with one attached hydrogen (secondary N) is 2. The SMILES string of the molecule is O=C1CC=C(NC(=O)c2cnn(Cc3ccc(F)cc3)c2)C=C1c1cc2ccccc2[nH]1. The lowest BCUT2D eigenvalue weighted by atomic mass is 9.98. The Labute approximate surface area is 183 Å². The van der Waals surface area contributed by atoms with Crippen LogP contribution in [0.5, 0.6) is 0 Å². The molecule has 0 atom stereocenters. The van der Waals surface area contributed by atoms with Gasteiger partial charge in [0, 0.05) is 34.8 Å². The second kappa shape index (κ2) is 8.11. The molecular formula is C25H19FN4O2. The fraction of sp³-hybridized carbons (Fsp3) is 0.0800. The molecule has 5 rings (SSSR count). The van der Waals surface area contributed by atoms with E-state index in [1.807, 2.05) is 30.3 Å². The van der Waals surface area contributed by atoms with Crippen molar-refractivity contribution in [1.82, 2.24) is 20.1 Å². The normalized spacial score (nSPS) is 13.7. The van der Waals surface area contributed by atoms with Crippen molar-refractivity contribution in [2.75, 3.05) is 0 Å². The summed E-state index contributed by atoms with van der Waals surface area (Å²) < 4.78 is 14.7. The fourth-order valence-electron chi connectivity index (χ4n) is 3.69. The molecule has 0 saturated heterocycles. The second-order valence-corrected chi connectivity index (χ2v) is 7.62. The number of Topliss-reactive ketones (excluding diaryl/α,β-unsaturated/α-hetero) is 1. The molecule has 1 aliphatic carbocycles. The number of fused-ring (bicyclic) bond motifs is 1. The molecule has 0 saturated carbocycles. The number of carbonyl (C=O) groups is 2. The maximum atomic E-state index is 13.1. The van der Waals surface area contributed by atoms with Gasteiger partial charge in [-0.25, -0.2) is 4.39 Å². The van der Waals surface area contributed by atoms with Crippen LogP contribution in [0.15, 0.2) is 84.8 Å². The van der Waals surface area contributed by atoms with Gasteiger partial charge < -0.3 is 10.3 Å². The van der Waals surface area contributed by atoms with Crippen LogP contribution >= 0.6 is 0 Å². The highest BCUT2D eigenvalue weighted by molar-refractivity contribution is 6.23. The monoisotopic (exact) mass is 426 g/mol. The zero-order chi connectivity index (χ0) is 22.1. The number of rotatable bonds is 5. The van der Waals surface area contributed by atoms with Gasteiger partial charge in [-0.05, 0) is 35.9 Å². The number of aromatic nitrogens is 3. The number of carbonyl (C=O) groups excluding carboxylic acids is 2. The van der Waals surface area contributed by atoms with Crippen molar-refractivity contribution in [3.8, 4) is 0 Å². The van der Waals surface area contributed by atoms with E-state index in [1.165, 1.54) is 18.3 Å². The Morgan fingerprint density at radius 2 is 1.97 bits per heavy atom. The standard InChI is InChI=1S/C25H19FN4O2/c26-19-7-5-16(6-8-19)14-30-15-18(13-27-30)25(32)28-20-9-10-24(31)21(12-20)23-11-17-3-1-2-4-22(17)29-23/h1-9,11-13,15,29H,10,14H2,(H,28,32). The third-order valence-electron chi connectivity index (χ3n) is 5.34. The molecule has 1 amide bonds. The van der Waals surface area contributed by atoms with Crippen LogP contribution in [0.25, 0.3) is 16.5 Å². The van der Waals surface area contributed by atoms with E-state index in [0.717, 1.165) is 22.2 Å². The predicted molar refractivity (Wildman–Crippen MR) is 119 cm³/mol. The number of amides is 1. The number of nitrogens with zero attached hydrogens (tertiary/aromatic N) is 2. The molecule has 32 heavy (non-hydrogen) atoms. The highest BCUT2D eigenvalue weighted by Gasteiger charge is 2.19. The summed E-state index contributed by atoms with van der Waals surface area (Å²) in [6, 6.07) is 15.9. The fourth-order valence-corrected chi connectivity index (χ4v) is 3.69. The van der Waals surface area contributed by atoms with Gasteiger partial charge in [0.15, 0.2) is 5.78 Å². The summed E-state index contributed by atoms with van der Waals surface area (Å²) in [5.74, 6) is -0.627. The van der Waals surface area contributed by atoms with Crippen molar-refractivity contribution in [3.63, 3.8) is 0 Å². The number of para-hydroxylation sites is 1. The topological polar surface area (TPSA) is 79.8 Å². The Hall–Kier alpha value is -4.26. The third-order valence-corrected chi connectivity index (χ3v) is 5.34. The van der Waals surface area contributed by atoms with Crippen LogP contribution in [0.1, 0.15) is 28.0 Å². The highest BCUT2D eigenvalue weighted by atomic mass is 19.1. The van der Waals surface area contributed by atoms with Gasteiger partial charge in [0.05, 0.1) is 24.0 Å². The molecule has 158 valence electrons. The second-order valence-electron chi connectivity index (χ2n) is 7.62. The van der Waals surface area contributed by atoms with Gasteiger partial charge in [-0.3, -0.25) is 14.3 Å². The minimum Gasteiger partial charge on any atom is -0.354 e. The summed E-state index contributed by atoms with van der Waals surface area (Å²) in [7, 11) is 0. The predicted octanol–water partition coefficient (Wildman–Crippen LogP) is 4.22. The number of benzene rings is 2. The van der Waals surface area contributed by atoms with Gasteiger partial charge >= 0.3 is 0 Å². The summed E-state index contributed by atoms with van der Waals surface area (Å²) in [6.45, 7) is 0.426. The van der Waals surface area contributed by atoms with Crippen molar-refractivity contribution in [2.45, 2.75) is 13.0 Å². The zero-order valence-corrected chi connectivity index (χ0v) is 17.0. The molecule has 7 heteroatoms. The maximum Gasteiger partial charge on any atom is 0.258 e. The molecule has 0 radical (unpaired) electrons. The molecule has 2 heterocycles. The van der Waals surface area contributed by atoms with E-state index >= 15 is 0 Å². The quantitative estimate of drug-likeness (QED) is 0.501. The number of ketones is 1. The van der Waals surface area contributed by atoms with Crippen LogP contribution in [-0.2, 0) is 11.3 Å². The van der Waals surface area contributed by atoms with Gasteiger partial charge in [-0.2, -0.15) is 5.10 Å². The first-order valence-corrected chi connectivity index (χ1v) is 10.2. The Morgan fingerprint density at radius 3 is 2.78 bits per heavy atom. The maximum absolute atomic E-state index is 13.1. The van der Waals surface area contributed by atoms with Crippen LogP contribution in [0.3, 0.4) is 0 Å². The first-order chi connectivity index (χ1) is 15.5. The number of allylic oxidation sites excluding steroid dienone is 3. The van der Waals surface area contributed by atoms with Crippen LogP contribution in [-0.4, -0.2) is 26.5 Å². The van der Waals surface area contributed by atoms with E-state index in [0.29, 0.717) is 23.4 Å². The van der Waals surface area contributed by atoms with Gasteiger partial charge in [0.1, 0.15) is 5.82 Å². The summed E-state index contributed by atoms with van der Waals surface area (Å²) >= 11 is 0. The van der Waals surface area contributed by atoms with Crippen LogP contribution in [0.4, 0.5) is 4.39 Å². The molecule has 0 unspecified atom stereocenters. The van der Waals surface area contributed by atoms with Gasteiger partial charge in [-0.15, -0.1) is 0 Å². The molecule has 6 nitrogen and oxygen atoms in total. The molecule has 2 N–H and O–H groups in total. The van der Waals surface area contributed by atoms with E-state index in [1.54, 1.807) is 35.2 Å². The minimum absolute atomic E-state index is 0.0123. The summed E-state index contributed by atoms with van der Waals surface area (Å²) in [5.41, 5.74) is 4.04. The lowest BCUT2D eigenvalue weighted by Gasteiger charge is -2.13. The number of hydrogen-bond donors (Lipinski definition) is 2. The first-order valence-electron chi connectivity index (χ1n) is 10.2. The van der Waals surface area contributed by atoms with E-state index in [4.69, 9.17) is 0 Å². The molecule has 4 aromatic rings. The molecule has 2 aromatic carbocycles. The Balaban J connectivity index is 1.31. The molecule has 0 bridgehead atoms. The van der Waals surface area contributed by atoms with Crippen molar-refractivity contribution in [3.05, 3.63) is 107 Å². The lowest BCUT2D eigenvalue weighted by Crippen LogP contribution is -2.23. The van der Waals surface area contributed by atoms with E-state index in [2.05, 4.69) is 15.4 Å². The van der Waals surface area contributed by atoms with Crippen molar-refractivity contribution < 1.29 is 14.0 Å². The van der Waals surface area contributed by atoms with E-state index in [9.17, 15) is 14.0 Å². The van der Waals surface area contributed by atoms with Crippen LogP contribution in [0, 0.1) is 5.82 Å². The number of hydrogen-bond acceptors (Lipinski definition) is 3. The zero-order valence-electron chi connectivity index (χ0n) is 17.0. The average molecular weight is 426 g/mol. The summed E-state index contributed by atoms with van der Waals surface area (Å²) in [5, 5.41) is 8.08. The average Bonchev–Trinajstić information content (AvgIpc) is 3.44. The van der Waals surface area contributed by atoms with Crippen molar-refractivity contribution in [1.29, 1.82) is 0 Å². The van der Waals surface area contributed by atoms with Crippen LogP contribution < -0.4 is 5.32 Å². The van der Waals surface area contributed by atoms with E-state index in [-0.39, 0.29) is 23.9 Å². The van der Waals surface area contributed by atoms with E-state index < -0.39 is 0 Å². The Kier molecular flexibility index (Phi) is 4.99. The molecule has 0 spiro atoms. The van der Waals surface area contributed by atoms with Crippen molar-refractivity contribution in [2.24, 2.45) is 0 Å². The van der Waals surface area contributed by atoms with Crippen molar-refractivity contribution >= 4 is 28.2 Å². The molecule has 1 aliphatic rings. The van der Waals surface area contributed by atoms with Crippen LogP contribution in [0.2, 0.25) is 0 Å². The smallest absolute Gasteiger partial charge is 0.258 e. The minimum atomic E-state index is -0.316. The lowest BCUT2D eigenvalue weighted by molar-refractivity contribution is -0.113. The molecule has 0 aliphatic heterocycles. The first kappa shape index (κ1) is 19.7.